The molecular weight excluding hydrogens is 427 g/mol. The number of nitrogens with zero attached hydrogens (tertiary/aromatic N) is 2. The number of amides is 3. The van der Waals surface area contributed by atoms with Gasteiger partial charge in [0.2, 0.25) is 17.7 Å². The minimum atomic E-state index is -0.368. The van der Waals surface area contributed by atoms with Gasteiger partial charge in [0.05, 0.1) is 17.2 Å². The molecule has 0 saturated carbocycles. The number of rotatable bonds is 7. The lowest BCUT2D eigenvalue weighted by molar-refractivity contribution is -0.132. The van der Waals surface area contributed by atoms with Crippen molar-refractivity contribution in [2.75, 3.05) is 35.2 Å². The lowest BCUT2D eigenvalue weighted by atomic mass is 9.96. The molecule has 1 aliphatic heterocycles. The van der Waals surface area contributed by atoms with Gasteiger partial charge in [-0.05, 0) is 44.0 Å². The van der Waals surface area contributed by atoms with Crippen LogP contribution in [0, 0.1) is 18.7 Å². The molecular formula is C20H23FN4O3S2. The third-order valence-corrected chi connectivity index (χ3v) is 6.45. The summed E-state index contributed by atoms with van der Waals surface area (Å²) in [6, 6.07) is 5.51. The third-order valence-electron chi connectivity index (χ3n) is 4.65. The molecule has 0 radical (unpaired) electrons. The summed E-state index contributed by atoms with van der Waals surface area (Å²) < 4.78 is 12.9. The zero-order valence-corrected chi connectivity index (χ0v) is 18.2. The van der Waals surface area contributed by atoms with Gasteiger partial charge in [0.25, 0.3) is 0 Å². The molecule has 2 N–H and O–H groups in total. The standard InChI is InChI=1S/C20H23FN4O3S2/c1-13-10-30-20(22-13)24-19(28)14-6-8-25(9-7-14)18(27)12-29-11-17(26)23-16-4-2-15(21)3-5-16/h2-5,10,14H,6-9,11-12H2,1H3,(H,23,26)(H,22,24,28). The molecule has 1 saturated heterocycles. The third kappa shape index (κ3) is 6.53. The number of carbonyl (C=O) groups excluding carboxylic acids is 3. The predicted molar refractivity (Wildman–Crippen MR) is 117 cm³/mol. The van der Waals surface area contributed by atoms with E-state index in [4.69, 9.17) is 0 Å². The summed E-state index contributed by atoms with van der Waals surface area (Å²) in [6.07, 6.45) is 1.22. The lowest BCUT2D eigenvalue weighted by Crippen LogP contribution is -2.42. The summed E-state index contributed by atoms with van der Waals surface area (Å²) in [5.41, 5.74) is 1.39. The Morgan fingerprint density at radius 1 is 1.17 bits per heavy atom. The molecule has 10 heteroatoms. The molecule has 30 heavy (non-hydrogen) atoms. The Balaban J connectivity index is 1.34. The molecule has 0 atom stereocenters. The van der Waals surface area contributed by atoms with Crippen molar-refractivity contribution in [1.82, 2.24) is 9.88 Å². The lowest BCUT2D eigenvalue weighted by Gasteiger charge is -2.31. The van der Waals surface area contributed by atoms with E-state index in [1.54, 1.807) is 4.90 Å². The van der Waals surface area contributed by atoms with Crippen LogP contribution in [0.4, 0.5) is 15.2 Å². The highest BCUT2D eigenvalue weighted by Gasteiger charge is 2.27. The Kier molecular flexibility index (Phi) is 7.81. The van der Waals surface area contributed by atoms with E-state index < -0.39 is 0 Å². The van der Waals surface area contributed by atoms with Crippen molar-refractivity contribution in [2.45, 2.75) is 19.8 Å². The number of benzene rings is 1. The Morgan fingerprint density at radius 3 is 2.50 bits per heavy atom. The highest BCUT2D eigenvalue weighted by atomic mass is 32.2. The molecule has 0 bridgehead atoms. The van der Waals surface area contributed by atoms with Crippen molar-refractivity contribution in [2.24, 2.45) is 5.92 Å². The number of thioether (sulfide) groups is 1. The van der Waals surface area contributed by atoms with E-state index >= 15 is 0 Å². The largest absolute Gasteiger partial charge is 0.342 e. The van der Waals surface area contributed by atoms with Crippen molar-refractivity contribution in [3.8, 4) is 0 Å². The fraction of sp³-hybridized carbons (Fsp3) is 0.400. The maximum absolute atomic E-state index is 12.9. The molecule has 1 aromatic heterocycles. The van der Waals surface area contributed by atoms with Crippen LogP contribution in [0.25, 0.3) is 0 Å². The van der Waals surface area contributed by atoms with Crippen molar-refractivity contribution < 1.29 is 18.8 Å². The highest BCUT2D eigenvalue weighted by Crippen LogP contribution is 2.22. The van der Waals surface area contributed by atoms with Crippen molar-refractivity contribution in [1.29, 1.82) is 0 Å². The summed E-state index contributed by atoms with van der Waals surface area (Å²) >= 11 is 2.63. The quantitative estimate of drug-likeness (QED) is 0.676. The average Bonchev–Trinajstić information content (AvgIpc) is 3.14. The fourth-order valence-electron chi connectivity index (χ4n) is 3.06. The van der Waals surface area contributed by atoms with E-state index in [0.29, 0.717) is 36.8 Å². The Labute approximate surface area is 182 Å². The summed E-state index contributed by atoms with van der Waals surface area (Å²) in [4.78, 5) is 42.6. The molecule has 0 aliphatic carbocycles. The Morgan fingerprint density at radius 2 is 1.87 bits per heavy atom. The van der Waals surface area contributed by atoms with Crippen LogP contribution in [0.2, 0.25) is 0 Å². The zero-order chi connectivity index (χ0) is 21.5. The minimum Gasteiger partial charge on any atom is -0.342 e. The average molecular weight is 451 g/mol. The van der Waals surface area contributed by atoms with E-state index in [9.17, 15) is 18.8 Å². The van der Waals surface area contributed by atoms with Gasteiger partial charge in [0, 0.05) is 30.1 Å². The Bertz CT molecular complexity index is 896. The second-order valence-corrected chi connectivity index (χ2v) is 8.83. The summed E-state index contributed by atoms with van der Waals surface area (Å²) in [7, 11) is 0. The Hall–Kier alpha value is -2.46. The molecule has 1 aliphatic rings. The molecule has 3 amide bonds. The number of anilines is 2. The smallest absolute Gasteiger partial charge is 0.234 e. The van der Waals surface area contributed by atoms with Crippen LogP contribution in [0.15, 0.2) is 29.6 Å². The fourth-order valence-corrected chi connectivity index (χ4v) is 4.47. The van der Waals surface area contributed by atoms with E-state index in [1.165, 1.54) is 47.4 Å². The SMILES string of the molecule is Cc1csc(NC(=O)C2CCN(C(=O)CSCC(=O)Nc3ccc(F)cc3)CC2)n1. The van der Waals surface area contributed by atoms with Crippen molar-refractivity contribution >= 4 is 51.6 Å². The van der Waals surface area contributed by atoms with E-state index in [-0.39, 0.29) is 41.0 Å². The van der Waals surface area contributed by atoms with Gasteiger partial charge < -0.3 is 15.5 Å². The molecule has 3 rings (SSSR count). The van der Waals surface area contributed by atoms with E-state index in [1.807, 2.05) is 12.3 Å². The zero-order valence-electron chi connectivity index (χ0n) is 16.5. The number of halogens is 1. The molecule has 160 valence electrons. The van der Waals surface area contributed by atoms with Crippen LogP contribution in [-0.2, 0) is 14.4 Å². The number of hydrogen-bond acceptors (Lipinski definition) is 6. The molecule has 7 nitrogen and oxygen atoms in total. The van der Waals surface area contributed by atoms with Gasteiger partial charge in [-0.3, -0.25) is 14.4 Å². The van der Waals surface area contributed by atoms with Crippen LogP contribution in [0.1, 0.15) is 18.5 Å². The number of aromatic nitrogens is 1. The number of piperidine rings is 1. The van der Waals surface area contributed by atoms with Crippen LogP contribution in [-0.4, -0.2) is 52.2 Å². The van der Waals surface area contributed by atoms with Crippen molar-refractivity contribution in [3.05, 3.63) is 41.2 Å². The van der Waals surface area contributed by atoms with E-state index in [2.05, 4.69) is 15.6 Å². The monoisotopic (exact) mass is 450 g/mol. The van der Waals surface area contributed by atoms with Crippen LogP contribution in [0.5, 0.6) is 0 Å². The second-order valence-electron chi connectivity index (χ2n) is 6.99. The second kappa shape index (κ2) is 10.5. The first-order valence-corrected chi connectivity index (χ1v) is 11.6. The number of carbonyl (C=O) groups is 3. The maximum atomic E-state index is 12.9. The molecule has 2 heterocycles. The van der Waals surface area contributed by atoms with Gasteiger partial charge in [-0.2, -0.15) is 0 Å². The first kappa shape index (κ1) is 22.2. The number of hydrogen-bond donors (Lipinski definition) is 2. The predicted octanol–water partition coefficient (Wildman–Crippen LogP) is 3.14. The summed E-state index contributed by atoms with van der Waals surface area (Å²) in [5, 5.41) is 7.99. The maximum Gasteiger partial charge on any atom is 0.234 e. The number of thiazole rings is 1. The normalized spacial score (nSPS) is 14.4. The van der Waals surface area contributed by atoms with E-state index in [0.717, 1.165) is 5.69 Å². The van der Waals surface area contributed by atoms with Crippen LogP contribution in [0.3, 0.4) is 0 Å². The van der Waals surface area contributed by atoms with Crippen LogP contribution >= 0.6 is 23.1 Å². The first-order valence-electron chi connectivity index (χ1n) is 9.54. The van der Waals surface area contributed by atoms with Gasteiger partial charge in [-0.1, -0.05) is 0 Å². The molecule has 1 aromatic carbocycles. The summed E-state index contributed by atoms with van der Waals surface area (Å²) in [5.74, 6) is -0.499. The highest BCUT2D eigenvalue weighted by molar-refractivity contribution is 8.00. The van der Waals surface area contributed by atoms with Gasteiger partial charge in [-0.25, -0.2) is 9.37 Å². The van der Waals surface area contributed by atoms with Gasteiger partial charge in [-0.15, -0.1) is 23.1 Å². The molecule has 1 fully saturated rings. The number of nitrogens with one attached hydrogen (secondary N) is 2. The minimum absolute atomic E-state index is 0.0380. The van der Waals surface area contributed by atoms with Crippen molar-refractivity contribution in [3.63, 3.8) is 0 Å². The van der Waals surface area contributed by atoms with Gasteiger partial charge >= 0.3 is 0 Å². The number of likely N-dealkylation sites (tertiary alicyclic amines) is 1. The van der Waals surface area contributed by atoms with Gasteiger partial charge in [0.1, 0.15) is 5.82 Å². The molecule has 0 unspecified atom stereocenters. The van der Waals surface area contributed by atoms with Gasteiger partial charge in [0.15, 0.2) is 5.13 Å². The topological polar surface area (TPSA) is 91.4 Å². The molecule has 0 spiro atoms. The molecule has 2 aromatic rings. The number of aryl methyl sites for hydroxylation is 1. The first-order chi connectivity index (χ1) is 14.4. The summed E-state index contributed by atoms with van der Waals surface area (Å²) in [6.45, 7) is 2.92. The van der Waals surface area contributed by atoms with Crippen LogP contribution < -0.4 is 10.6 Å².